The Morgan fingerprint density at radius 3 is 2.60 bits per heavy atom. The van der Waals surface area contributed by atoms with Gasteiger partial charge in [-0.3, -0.25) is 4.90 Å². The Balaban J connectivity index is 1.50. The maximum atomic E-state index is 6.01. The molecule has 2 heterocycles. The molecule has 3 aromatic rings. The molecule has 0 radical (unpaired) electrons. The molecule has 4 rings (SSSR count). The molecule has 1 aromatic heterocycles. The Labute approximate surface area is 148 Å². The fraction of sp³-hybridized carbons (Fsp3) is 0.238. The van der Waals surface area contributed by atoms with Crippen LogP contribution in [0, 0.1) is 0 Å². The quantitative estimate of drug-likeness (QED) is 0.705. The van der Waals surface area contributed by atoms with E-state index in [1.165, 1.54) is 11.1 Å². The first-order chi connectivity index (χ1) is 12.3. The van der Waals surface area contributed by atoms with Gasteiger partial charge in [0, 0.05) is 36.7 Å². The van der Waals surface area contributed by atoms with E-state index in [1.807, 2.05) is 18.2 Å². The van der Waals surface area contributed by atoms with E-state index < -0.39 is 0 Å². The number of methoxy groups -OCH3 is 1. The van der Waals surface area contributed by atoms with E-state index in [0.29, 0.717) is 0 Å². The van der Waals surface area contributed by atoms with Crippen LogP contribution in [0.1, 0.15) is 17.4 Å². The van der Waals surface area contributed by atoms with Crippen LogP contribution >= 0.6 is 0 Å². The first-order valence-electron chi connectivity index (χ1n) is 8.55. The SMILES string of the molecule is COc1ccc(CN2CCOC2c2ccn(-c3ccccc3)c2)cc1. The second-order valence-corrected chi connectivity index (χ2v) is 6.23. The van der Waals surface area contributed by atoms with Crippen LogP contribution in [-0.2, 0) is 11.3 Å². The van der Waals surface area contributed by atoms with E-state index in [-0.39, 0.29) is 6.23 Å². The van der Waals surface area contributed by atoms with Crippen molar-refractivity contribution in [2.24, 2.45) is 0 Å². The van der Waals surface area contributed by atoms with Gasteiger partial charge < -0.3 is 14.0 Å². The summed E-state index contributed by atoms with van der Waals surface area (Å²) in [7, 11) is 1.69. The minimum absolute atomic E-state index is 0.00654. The average Bonchev–Trinajstić information content (AvgIpc) is 3.32. The van der Waals surface area contributed by atoms with Gasteiger partial charge in [-0.2, -0.15) is 0 Å². The van der Waals surface area contributed by atoms with Gasteiger partial charge >= 0.3 is 0 Å². The lowest BCUT2D eigenvalue weighted by molar-refractivity contribution is 0.0288. The first kappa shape index (κ1) is 15.9. The second-order valence-electron chi connectivity index (χ2n) is 6.23. The molecule has 1 saturated heterocycles. The highest BCUT2D eigenvalue weighted by Crippen LogP contribution is 2.29. The summed E-state index contributed by atoms with van der Waals surface area (Å²) in [6.07, 6.45) is 4.26. The van der Waals surface area contributed by atoms with Crippen molar-refractivity contribution < 1.29 is 9.47 Å². The van der Waals surface area contributed by atoms with Gasteiger partial charge in [-0.15, -0.1) is 0 Å². The van der Waals surface area contributed by atoms with Gasteiger partial charge in [0.1, 0.15) is 12.0 Å². The molecule has 128 valence electrons. The van der Waals surface area contributed by atoms with E-state index in [9.17, 15) is 0 Å². The third-order valence-corrected chi connectivity index (χ3v) is 4.59. The Kier molecular flexibility index (Phi) is 4.55. The molecule has 2 aromatic carbocycles. The number of hydrogen-bond acceptors (Lipinski definition) is 3. The van der Waals surface area contributed by atoms with Crippen molar-refractivity contribution >= 4 is 0 Å². The third kappa shape index (κ3) is 3.45. The standard InChI is InChI=1S/C21H22N2O2/c1-24-20-9-7-17(8-10-20)15-23-13-14-25-21(23)18-11-12-22(16-18)19-5-3-2-4-6-19/h2-12,16,21H,13-15H2,1H3. The number of ether oxygens (including phenoxy) is 2. The number of aromatic nitrogens is 1. The topological polar surface area (TPSA) is 26.6 Å². The van der Waals surface area contributed by atoms with Crippen LogP contribution in [0.5, 0.6) is 5.75 Å². The smallest absolute Gasteiger partial charge is 0.138 e. The van der Waals surface area contributed by atoms with Crippen molar-refractivity contribution in [1.82, 2.24) is 9.47 Å². The minimum atomic E-state index is 0.00654. The van der Waals surface area contributed by atoms with Gasteiger partial charge in [0.05, 0.1) is 13.7 Å². The normalized spacial score (nSPS) is 17.7. The van der Waals surface area contributed by atoms with E-state index in [1.54, 1.807) is 7.11 Å². The van der Waals surface area contributed by atoms with Gasteiger partial charge in [0.2, 0.25) is 0 Å². The van der Waals surface area contributed by atoms with Crippen LogP contribution in [0.15, 0.2) is 73.1 Å². The molecule has 0 saturated carbocycles. The second kappa shape index (κ2) is 7.13. The van der Waals surface area contributed by atoms with E-state index >= 15 is 0 Å². The fourth-order valence-electron chi connectivity index (χ4n) is 3.26. The number of benzene rings is 2. The molecular weight excluding hydrogens is 312 g/mol. The predicted molar refractivity (Wildman–Crippen MR) is 97.9 cm³/mol. The summed E-state index contributed by atoms with van der Waals surface area (Å²) in [5, 5.41) is 0. The Hall–Kier alpha value is -2.56. The van der Waals surface area contributed by atoms with Crippen LogP contribution < -0.4 is 4.74 Å². The van der Waals surface area contributed by atoms with Crippen molar-refractivity contribution in [2.45, 2.75) is 12.8 Å². The summed E-state index contributed by atoms with van der Waals surface area (Å²) >= 11 is 0. The van der Waals surface area contributed by atoms with Crippen LogP contribution in [0.4, 0.5) is 0 Å². The van der Waals surface area contributed by atoms with Gasteiger partial charge in [-0.25, -0.2) is 0 Å². The largest absolute Gasteiger partial charge is 0.497 e. The number of rotatable bonds is 5. The molecule has 25 heavy (non-hydrogen) atoms. The Bertz CT molecular complexity index is 811. The average molecular weight is 334 g/mol. The zero-order valence-corrected chi connectivity index (χ0v) is 14.3. The summed E-state index contributed by atoms with van der Waals surface area (Å²) < 4.78 is 13.4. The summed E-state index contributed by atoms with van der Waals surface area (Å²) in [6.45, 7) is 2.57. The van der Waals surface area contributed by atoms with Crippen LogP contribution in [0.3, 0.4) is 0 Å². The molecule has 1 atom stereocenters. The molecular formula is C21H22N2O2. The lowest BCUT2D eigenvalue weighted by Crippen LogP contribution is -2.23. The zero-order chi connectivity index (χ0) is 17.1. The third-order valence-electron chi connectivity index (χ3n) is 4.59. The van der Waals surface area contributed by atoms with Gasteiger partial charge in [-0.1, -0.05) is 30.3 Å². The highest BCUT2D eigenvalue weighted by molar-refractivity contribution is 5.34. The monoisotopic (exact) mass is 334 g/mol. The summed E-state index contributed by atoms with van der Waals surface area (Å²) in [5.41, 5.74) is 3.61. The lowest BCUT2D eigenvalue weighted by atomic mass is 10.2. The van der Waals surface area contributed by atoms with E-state index in [2.05, 4.69) is 64.3 Å². The van der Waals surface area contributed by atoms with Crippen LogP contribution in [0.2, 0.25) is 0 Å². The van der Waals surface area contributed by atoms with Gasteiger partial charge in [0.25, 0.3) is 0 Å². The molecule has 1 aliphatic heterocycles. The van der Waals surface area contributed by atoms with Crippen molar-refractivity contribution in [1.29, 1.82) is 0 Å². The molecule has 4 heteroatoms. The molecule has 0 spiro atoms. The van der Waals surface area contributed by atoms with Crippen LogP contribution in [-0.4, -0.2) is 29.7 Å². The van der Waals surface area contributed by atoms with E-state index in [4.69, 9.17) is 9.47 Å². The summed E-state index contributed by atoms with van der Waals surface area (Å²) in [6, 6.07) is 20.7. The van der Waals surface area contributed by atoms with E-state index in [0.717, 1.165) is 31.1 Å². The molecule has 1 unspecified atom stereocenters. The summed E-state index contributed by atoms with van der Waals surface area (Å²) in [5.74, 6) is 0.887. The molecule has 0 bridgehead atoms. The number of para-hydroxylation sites is 1. The fourth-order valence-corrected chi connectivity index (χ4v) is 3.26. The molecule has 0 N–H and O–H groups in total. The van der Waals surface area contributed by atoms with Crippen molar-refractivity contribution in [3.05, 3.63) is 84.2 Å². The molecule has 4 nitrogen and oxygen atoms in total. The minimum Gasteiger partial charge on any atom is -0.497 e. The molecule has 1 aliphatic rings. The summed E-state index contributed by atoms with van der Waals surface area (Å²) in [4.78, 5) is 2.37. The lowest BCUT2D eigenvalue weighted by Gasteiger charge is -2.22. The van der Waals surface area contributed by atoms with Gasteiger partial charge in [0.15, 0.2) is 0 Å². The zero-order valence-electron chi connectivity index (χ0n) is 14.3. The van der Waals surface area contributed by atoms with Gasteiger partial charge in [-0.05, 0) is 35.9 Å². The Morgan fingerprint density at radius 1 is 1.04 bits per heavy atom. The van der Waals surface area contributed by atoms with Crippen LogP contribution in [0.25, 0.3) is 5.69 Å². The number of nitrogens with zero attached hydrogens (tertiary/aromatic N) is 2. The maximum Gasteiger partial charge on any atom is 0.138 e. The maximum absolute atomic E-state index is 6.01. The molecule has 0 aliphatic carbocycles. The highest BCUT2D eigenvalue weighted by atomic mass is 16.5. The predicted octanol–water partition coefficient (Wildman–Crippen LogP) is 4.02. The molecule has 0 amide bonds. The van der Waals surface area contributed by atoms with Crippen molar-refractivity contribution in [2.75, 3.05) is 20.3 Å². The highest BCUT2D eigenvalue weighted by Gasteiger charge is 2.27. The molecule has 1 fully saturated rings. The number of hydrogen-bond donors (Lipinski definition) is 0. The Morgan fingerprint density at radius 2 is 1.84 bits per heavy atom. The first-order valence-corrected chi connectivity index (χ1v) is 8.55. The van der Waals surface area contributed by atoms with Crippen molar-refractivity contribution in [3.8, 4) is 11.4 Å². The van der Waals surface area contributed by atoms with Crippen molar-refractivity contribution in [3.63, 3.8) is 0 Å².